The molecule has 0 bridgehead atoms. The lowest BCUT2D eigenvalue weighted by Crippen LogP contribution is -2.34. The van der Waals surface area contributed by atoms with Gasteiger partial charge in [-0.25, -0.2) is 0 Å². The summed E-state index contributed by atoms with van der Waals surface area (Å²) in [4.78, 5) is 2.32. The molecule has 7 aromatic carbocycles. The summed E-state index contributed by atoms with van der Waals surface area (Å²) in [6, 6.07) is 51.5. The lowest BCUT2D eigenvalue weighted by molar-refractivity contribution is 0.164. The predicted molar refractivity (Wildman–Crippen MR) is 208 cm³/mol. The Hall–Kier alpha value is -5.71. The number of hydrogen-bond donors (Lipinski definition) is 0. The van der Waals surface area contributed by atoms with Crippen LogP contribution in [-0.4, -0.2) is 11.7 Å². The highest BCUT2D eigenvalue weighted by Gasteiger charge is 2.39. The van der Waals surface area contributed by atoms with Gasteiger partial charge in [0, 0.05) is 43.4 Å². The minimum Gasteiger partial charge on any atom is -0.496 e. The van der Waals surface area contributed by atoms with Gasteiger partial charge in [-0.2, -0.15) is 0 Å². The fourth-order valence-corrected chi connectivity index (χ4v) is 8.74. The van der Waals surface area contributed by atoms with Crippen molar-refractivity contribution in [2.75, 3.05) is 7.11 Å². The lowest BCUT2D eigenvalue weighted by Gasteiger charge is -2.37. The zero-order valence-corrected chi connectivity index (χ0v) is 29.0. The molecule has 0 fully saturated rings. The van der Waals surface area contributed by atoms with Crippen LogP contribution in [0.5, 0.6) is 11.5 Å². The molecule has 0 atom stereocenters. The molecule has 0 radical (unpaired) electrons. The SMILES string of the molecule is COc1cc2c3c(c4c(c2cc1Sc1c(C)cccc1C)c1ccccc1n4-c1ccccc1)C=CC(c1ccccc1)(c1ccccc1)O3. The van der Waals surface area contributed by atoms with Crippen molar-refractivity contribution >= 4 is 50.4 Å². The molecule has 0 N–H and O–H groups in total. The average Bonchev–Trinajstić information content (AvgIpc) is 3.52. The van der Waals surface area contributed by atoms with Gasteiger partial charge in [0.2, 0.25) is 0 Å². The van der Waals surface area contributed by atoms with Crippen LogP contribution in [0.25, 0.3) is 44.3 Å². The molecule has 8 aromatic rings. The van der Waals surface area contributed by atoms with Gasteiger partial charge in [0.15, 0.2) is 5.60 Å². The van der Waals surface area contributed by atoms with Crippen LogP contribution in [0.3, 0.4) is 0 Å². The second-order valence-electron chi connectivity index (χ2n) is 12.9. The second kappa shape index (κ2) is 12.0. The number of fused-ring (bicyclic) bond motifs is 8. The molecule has 242 valence electrons. The number of ether oxygens (including phenoxy) is 2. The molecular weight excluding hydrogens is 631 g/mol. The van der Waals surface area contributed by atoms with Gasteiger partial charge in [0.1, 0.15) is 11.5 Å². The first kappa shape index (κ1) is 30.4. The maximum atomic E-state index is 7.53. The molecular formula is C46H35NO2S. The third kappa shape index (κ3) is 4.67. The van der Waals surface area contributed by atoms with Crippen LogP contribution >= 0.6 is 11.8 Å². The molecule has 0 amide bonds. The summed E-state index contributed by atoms with van der Waals surface area (Å²) in [6.07, 6.45) is 4.52. The minimum atomic E-state index is -0.835. The highest BCUT2D eigenvalue weighted by Crippen LogP contribution is 2.53. The Morgan fingerprint density at radius 1 is 0.640 bits per heavy atom. The number of nitrogens with zero attached hydrogens (tertiary/aromatic N) is 1. The van der Waals surface area contributed by atoms with Crippen LogP contribution < -0.4 is 9.47 Å². The van der Waals surface area contributed by atoms with E-state index < -0.39 is 5.60 Å². The van der Waals surface area contributed by atoms with E-state index in [1.54, 1.807) is 18.9 Å². The molecule has 0 unspecified atom stereocenters. The molecule has 0 saturated carbocycles. The van der Waals surface area contributed by atoms with E-state index in [1.165, 1.54) is 26.8 Å². The van der Waals surface area contributed by atoms with Crippen molar-refractivity contribution in [3.05, 3.63) is 179 Å². The molecule has 1 aliphatic rings. The van der Waals surface area contributed by atoms with Crippen molar-refractivity contribution in [1.29, 1.82) is 0 Å². The Balaban J connectivity index is 1.43. The summed E-state index contributed by atoms with van der Waals surface area (Å²) in [5, 5.41) is 4.55. The van der Waals surface area contributed by atoms with Gasteiger partial charge in [-0.15, -0.1) is 0 Å². The van der Waals surface area contributed by atoms with E-state index in [4.69, 9.17) is 9.47 Å². The maximum absolute atomic E-state index is 7.53. The van der Waals surface area contributed by atoms with Crippen molar-refractivity contribution in [3.63, 3.8) is 0 Å². The Morgan fingerprint density at radius 2 is 1.26 bits per heavy atom. The first-order valence-corrected chi connectivity index (χ1v) is 17.8. The van der Waals surface area contributed by atoms with E-state index in [0.29, 0.717) is 0 Å². The van der Waals surface area contributed by atoms with Crippen LogP contribution in [0.15, 0.2) is 161 Å². The highest BCUT2D eigenvalue weighted by atomic mass is 32.2. The highest BCUT2D eigenvalue weighted by molar-refractivity contribution is 7.99. The van der Waals surface area contributed by atoms with Crippen molar-refractivity contribution in [2.24, 2.45) is 0 Å². The fraction of sp³-hybridized carbons (Fsp3) is 0.0870. The fourth-order valence-electron chi connectivity index (χ4n) is 7.64. The second-order valence-corrected chi connectivity index (χ2v) is 14.0. The number of hydrogen-bond acceptors (Lipinski definition) is 3. The summed E-state index contributed by atoms with van der Waals surface area (Å²) in [5.41, 5.74) is 8.23. The molecule has 1 aromatic heterocycles. The van der Waals surface area contributed by atoms with Crippen molar-refractivity contribution in [2.45, 2.75) is 29.2 Å². The van der Waals surface area contributed by atoms with E-state index >= 15 is 0 Å². The van der Waals surface area contributed by atoms with Gasteiger partial charge >= 0.3 is 0 Å². The van der Waals surface area contributed by atoms with Crippen molar-refractivity contribution in [1.82, 2.24) is 4.57 Å². The largest absolute Gasteiger partial charge is 0.496 e. The normalized spacial score (nSPS) is 13.4. The Labute approximate surface area is 296 Å². The molecule has 0 spiro atoms. The van der Waals surface area contributed by atoms with E-state index in [1.807, 2.05) is 0 Å². The van der Waals surface area contributed by atoms with Gasteiger partial charge in [0.05, 0.1) is 23.0 Å². The number of aromatic nitrogens is 1. The molecule has 2 heterocycles. The van der Waals surface area contributed by atoms with Gasteiger partial charge in [-0.3, -0.25) is 0 Å². The van der Waals surface area contributed by atoms with Crippen molar-refractivity contribution in [3.8, 4) is 17.2 Å². The molecule has 0 saturated heterocycles. The van der Waals surface area contributed by atoms with Crippen LogP contribution in [0.4, 0.5) is 0 Å². The minimum absolute atomic E-state index is 0.821. The van der Waals surface area contributed by atoms with Gasteiger partial charge < -0.3 is 14.0 Å². The van der Waals surface area contributed by atoms with Gasteiger partial charge in [-0.1, -0.05) is 127 Å². The number of aryl methyl sites for hydroxylation is 2. The predicted octanol–water partition coefficient (Wildman–Crippen LogP) is 12.1. The van der Waals surface area contributed by atoms with Crippen LogP contribution in [0, 0.1) is 13.8 Å². The van der Waals surface area contributed by atoms with Crippen LogP contribution in [0.2, 0.25) is 0 Å². The van der Waals surface area contributed by atoms with E-state index in [-0.39, 0.29) is 0 Å². The van der Waals surface area contributed by atoms with Gasteiger partial charge in [0.25, 0.3) is 0 Å². The Morgan fingerprint density at radius 3 is 1.92 bits per heavy atom. The van der Waals surface area contributed by atoms with Crippen LogP contribution in [-0.2, 0) is 5.60 Å². The molecule has 3 nitrogen and oxygen atoms in total. The van der Waals surface area contributed by atoms with E-state index in [9.17, 15) is 0 Å². The topological polar surface area (TPSA) is 23.4 Å². The zero-order valence-electron chi connectivity index (χ0n) is 28.2. The average molecular weight is 666 g/mol. The third-order valence-corrected chi connectivity index (χ3v) is 11.4. The standard InChI is InChI=1S/C46H35NO2S/c1-30-16-15-17-31(2)45(30)50-41-29-37-38(28-40(41)48-3)44-36(26-27-46(49-44,32-18-7-4-8-19-32)33-20-9-5-10-21-33)43-42(37)35-24-13-14-25-39(35)47(43)34-22-11-6-12-23-34/h4-29H,1-3H3. The van der Waals surface area contributed by atoms with E-state index in [2.05, 4.69) is 176 Å². The number of rotatable bonds is 6. The Bertz CT molecular complexity index is 2530. The third-order valence-electron chi connectivity index (χ3n) is 9.98. The van der Waals surface area contributed by atoms with Crippen molar-refractivity contribution < 1.29 is 9.47 Å². The summed E-state index contributed by atoms with van der Waals surface area (Å²) in [7, 11) is 1.77. The molecule has 50 heavy (non-hydrogen) atoms. The Kier molecular flexibility index (Phi) is 7.29. The monoisotopic (exact) mass is 665 g/mol. The summed E-state index contributed by atoms with van der Waals surface area (Å²) in [5.74, 6) is 1.66. The smallest absolute Gasteiger partial charge is 0.178 e. The molecule has 4 heteroatoms. The first-order chi connectivity index (χ1) is 24.6. The first-order valence-electron chi connectivity index (χ1n) is 17.0. The number of benzene rings is 7. The van der Waals surface area contributed by atoms with Gasteiger partial charge in [-0.05, 0) is 72.8 Å². The maximum Gasteiger partial charge on any atom is 0.178 e. The lowest BCUT2D eigenvalue weighted by atomic mass is 9.83. The number of methoxy groups -OCH3 is 1. The molecule has 0 aliphatic carbocycles. The molecule has 1 aliphatic heterocycles. The summed E-state index contributed by atoms with van der Waals surface area (Å²) >= 11 is 1.77. The van der Waals surface area contributed by atoms with E-state index in [0.717, 1.165) is 60.6 Å². The quantitative estimate of drug-likeness (QED) is 0.177. The summed E-state index contributed by atoms with van der Waals surface area (Å²) in [6.45, 7) is 4.36. The zero-order chi connectivity index (χ0) is 33.8. The summed E-state index contributed by atoms with van der Waals surface area (Å²) < 4.78 is 16.1. The number of para-hydroxylation sites is 2. The molecule has 9 rings (SSSR count). The van der Waals surface area contributed by atoms with Crippen LogP contribution in [0.1, 0.15) is 27.8 Å².